The standard InChI is InChI=1S/C50H72N6O2/c1-35-16-18-41-43(3,4)20-12-22-47(41,9)49(35)26-24-45(7,57-49)28-30-55-33-39(51-53-55)37-14-11-15-38(32-37)40-34-56(54-52-40)31-29-46(8)25-27-50(58-46)36(2)17-19-42-44(5,6)21-13-23-48(42,50)10/h11,14-17,32-34,41-42H,12-13,18-31H2,1-10H3/t41-,42-,45-,46-,47-,48-,49+,50+/m0/s1. The van der Waals surface area contributed by atoms with Gasteiger partial charge in [0.25, 0.3) is 0 Å². The van der Waals surface area contributed by atoms with Crippen molar-refractivity contribution < 1.29 is 9.47 Å². The van der Waals surface area contributed by atoms with Crippen LogP contribution in [-0.4, -0.2) is 52.4 Å². The van der Waals surface area contributed by atoms with Crippen LogP contribution < -0.4 is 0 Å². The Bertz CT molecular complexity index is 1970. The smallest absolute Gasteiger partial charge is 0.113 e. The fraction of sp³-hybridized carbons (Fsp3) is 0.720. The molecule has 2 saturated carbocycles. The molecule has 8 heteroatoms. The zero-order valence-electron chi connectivity index (χ0n) is 37.6. The fourth-order valence-corrected chi connectivity index (χ4v) is 14.4. The summed E-state index contributed by atoms with van der Waals surface area (Å²) in [5.41, 5.74) is 7.08. The van der Waals surface area contributed by atoms with Crippen LogP contribution in [0.5, 0.6) is 0 Å². The van der Waals surface area contributed by atoms with Crippen LogP contribution >= 0.6 is 0 Å². The number of hydrogen-bond acceptors (Lipinski definition) is 6. The first kappa shape index (κ1) is 40.3. The Morgan fingerprint density at radius 2 is 1.02 bits per heavy atom. The van der Waals surface area contributed by atoms with E-state index in [1.165, 1.54) is 62.5 Å². The molecule has 2 aliphatic heterocycles. The molecule has 314 valence electrons. The average Bonchev–Trinajstić information content (AvgIpc) is 3.98. The van der Waals surface area contributed by atoms with E-state index in [0.717, 1.165) is 74.1 Å². The lowest BCUT2D eigenvalue weighted by molar-refractivity contribution is -0.190. The summed E-state index contributed by atoms with van der Waals surface area (Å²) in [5, 5.41) is 18.5. The van der Waals surface area contributed by atoms with Gasteiger partial charge < -0.3 is 9.47 Å². The fourth-order valence-electron chi connectivity index (χ4n) is 14.4. The van der Waals surface area contributed by atoms with E-state index in [1.807, 2.05) is 9.36 Å². The number of aryl methyl sites for hydroxylation is 2. The Hall–Kier alpha value is -3.10. The Balaban J connectivity index is 0.838. The second-order valence-electron chi connectivity index (χ2n) is 22.4. The van der Waals surface area contributed by atoms with Crippen molar-refractivity contribution >= 4 is 0 Å². The van der Waals surface area contributed by atoms with Gasteiger partial charge in [-0.25, -0.2) is 0 Å². The van der Waals surface area contributed by atoms with Gasteiger partial charge in [-0.3, -0.25) is 9.36 Å². The lowest BCUT2D eigenvalue weighted by Crippen LogP contribution is -2.59. The van der Waals surface area contributed by atoms with Crippen molar-refractivity contribution in [2.45, 2.75) is 195 Å². The first-order valence-corrected chi connectivity index (χ1v) is 23.0. The molecule has 2 spiro atoms. The van der Waals surface area contributed by atoms with Crippen molar-refractivity contribution in [1.29, 1.82) is 0 Å². The van der Waals surface area contributed by atoms with Gasteiger partial charge in [-0.05, 0) is 145 Å². The first-order chi connectivity index (χ1) is 27.4. The minimum absolute atomic E-state index is 0.163. The van der Waals surface area contributed by atoms with Crippen LogP contribution in [0.15, 0.2) is 60.0 Å². The second-order valence-corrected chi connectivity index (χ2v) is 22.4. The molecule has 8 nitrogen and oxygen atoms in total. The number of allylic oxidation sites excluding steroid dienone is 2. The summed E-state index contributed by atoms with van der Waals surface area (Å²) >= 11 is 0. The van der Waals surface area contributed by atoms with Gasteiger partial charge in [0.05, 0.1) is 34.8 Å². The highest BCUT2D eigenvalue weighted by Gasteiger charge is 2.66. The zero-order valence-corrected chi connectivity index (χ0v) is 37.6. The lowest BCUT2D eigenvalue weighted by Gasteiger charge is -2.61. The maximum Gasteiger partial charge on any atom is 0.113 e. The van der Waals surface area contributed by atoms with Crippen LogP contribution in [0.25, 0.3) is 22.5 Å². The predicted molar refractivity (Wildman–Crippen MR) is 232 cm³/mol. The van der Waals surface area contributed by atoms with Crippen LogP contribution in [-0.2, 0) is 22.6 Å². The van der Waals surface area contributed by atoms with E-state index in [4.69, 9.17) is 9.47 Å². The maximum atomic E-state index is 7.39. The molecule has 0 radical (unpaired) electrons. The molecule has 4 heterocycles. The molecule has 0 amide bonds. The number of aromatic nitrogens is 6. The van der Waals surface area contributed by atoms with E-state index >= 15 is 0 Å². The van der Waals surface area contributed by atoms with Crippen LogP contribution in [0.2, 0.25) is 0 Å². The van der Waals surface area contributed by atoms with Gasteiger partial charge in [-0.15, -0.1) is 10.2 Å². The largest absolute Gasteiger partial charge is 0.364 e. The molecule has 0 N–H and O–H groups in total. The van der Waals surface area contributed by atoms with E-state index in [1.54, 1.807) is 0 Å². The maximum absolute atomic E-state index is 7.39. The molecule has 1 aromatic carbocycles. The molecular formula is C50H72N6O2. The van der Waals surface area contributed by atoms with Crippen molar-refractivity contribution in [1.82, 2.24) is 30.0 Å². The van der Waals surface area contributed by atoms with Crippen molar-refractivity contribution in [3.63, 3.8) is 0 Å². The summed E-state index contributed by atoms with van der Waals surface area (Å²) in [6.45, 7) is 26.0. The Labute approximate surface area is 349 Å². The number of nitrogens with zero attached hydrogens (tertiary/aromatic N) is 6. The monoisotopic (exact) mass is 789 g/mol. The van der Waals surface area contributed by atoms with Gasteiger partial charge in [-0.2, -0.15) is 0 Å². The zero-order chi connectivity index (χ0) is 41.0. The van der Waals surface area contributed by atoms with E-state index in [-0.39, 0.29) is 33.2 Å². The second kappa shape index (κ2) is 13.7. The van der Waals surface area contributed by atoms with Crippen LogP contribution in [0, 0.1) is 33.5 Å². The molecule has 4 fully saturated rings. The molecule has 6 aliphatic rings. The third-order valence-corrected chi connectivity index (χ3v) is 18.0. The van der Waals surface area contributed by atoms with E-state index in [2.05, 4.69) is 139 Å². The van der Waals surface area contributed by atoms with Gasteiger partial charge >= 0.3 is 0 Å². The number of fused-ring (bicyclic) bond motifs is 4. The lowest BCUT2D eigenvalue weighted by atomic mass is 9.46. The van der Waals surface area contributed by atoms with Crippen molar-refractivity contribution in [2.75, 3.05) is 0 Å². The first-order valence-electron chi connectivity index (χ1n) is 23.0. The molecule has 2 saturated heterocycles. The van der Waals surface area contributed by atoms with E-state index in [0.29, 0.717) is 22.7 Å². The Kier molecular flexibility index (Phi) is 9.53. The van der Waals surface area contributed by atoms with Crippen LogP contribution in [0.3, 0.4) is 0 Å². The molecule has 2 aromatic heterocycles. The molecule has 8 atom stereocenters. The van der Waals surface area contributed by atoms with Crippen LogP contribution in [0.4, 0.5) is 0 Å². The summed E-state index contributed by atoms with van der Waals surface area (Å²) < 4.78 is 18.8. The summed E-state index contributed by atoms with van der Waals surface area (Å²) in [7, 11) is 0. The minimum Gasteiger partial charge on any atom is -0.364 e. The number of hydrogen-bond donors (Lipinski definition) is 0. The van der Waals surface area contributed by atoms with Crippen molar-refractivity contribution in [3.8, 4) is 22.5 Å². The average molecular weight is 789 g/mol. The minimum atomic E-state index is -0.193. The quantitative estimate of drug-likeness (QED) is 0.212. The van der Waals surface area contributed by atoms with Gasteiger partial charge in [0.1, 0.15) is 11.4 Å². The molecular weight excluding hydrogens is 717 g/mol. The Morgan fingerprint density at radius 3 is 1.45 bits per heavy atom. The summed E-state index contributed by atoms with van der Waals surface area (Å²) in [5.74, 6) is 1.32. The third-order valence-electron chi connectivity index (χ3n) is 18.0. The topological polar surface area (TPSA) is 79.9 Å². The number of rotatable bonds is 8. The molecule has 3 aromatic rings. The molecule has 0 unspecified atom stereocenters. The summed E-state index contributed by atoms with van der Waals surface area (Å²) in [4.78, 5) is 0. The van der Waals surface area contributed by atoms with Gasteiger partial charge in [0.2, 0.25) is 0 Å². The number of benzene rings is 1. The molecule has 58 heavy (non-hydrogen) atoms. The highest BCUT2D eigenvalue weighted by atomic mass is 16.5. The van der Waals surface area contributed by atoms with Crippen LogP contribution in [0.1, 0.15) is 159 Å². The summed E-state index contributed by atoms with van der Waals surface area (Å²) in [6, 6.07) is 8.48. The van der Waals surface area contributed by atoms with E-state index in [9.17, 15) is 0 Å². The van der Waals surface area contributed by atoms with Crippen molar-refractivity contribution in [3.05, 3.63) is 60.0 Å². The van der Waals surface area contributed by atoms with Gasteiger partial charge in [0.15, 0.2) is 0 Å². The normalized spacial score (nSPS) is 39.1. The third kappa shape index (κ3) is 6.26. The molecule has 4 aliphatic carbocycles. The molecule has 0 bridgehead atoms. The Morgan fingerprint density at radius 1 is 0.586 bits per heavy atom. The molecule has 9 rings (SSSR count). The predicted octanol–water partition coefficient (Wildman–Crippen LogP) is 12.0. The summed E-state index contributed by atoms with van der Waals surface area (Å²) in [6.07, 6.45) is 25.5. The SMILES string of the molecule is CC1=CC[C@H]2C(C)(C)CCC[C@]2(C)[C@@]12CC[C@@](C)(CCn1cc(-c3cccc(-c4cn(CC[C@]5(C)CC[C@@]6(O5)C(C)=CC[C@H]5C(C)(C)CCC[C@@]56C)nn4)c3)nn1)O2. The highest BCUT2D eigenvalue weighted by Crippen LogP contribution is 2.68. The highest BCUT2D eigenvalue weighted by molar-refractivity contribution is 5.68. The van der Waals surface area contributed by atoms with Gasteiger partial charge in [0, 0.05) is 35.0 Å². The van der Waals surface area contributed by atoms with E-state index < -0.39 is 0 Å². The van der Waals surface area contributed by atoms with Gasteiger partial charge in [-0.1, -0.05) is 95.2 Å². The number of ether oxygens (including phenoxy) is 2. The van der Waals surface area contributed by atoms with Crippen molar-refractivity contribution in [2.24, 2.45) is 33.5 Å².